The number of rotatable bonds is 0. The average Bonchev–Trinajstić information content (AvgIpc) is 1.86. The summed E-state index contributed by atoms with van der Waals surface area (Å²) < 4.78 is 0. The van der Waals surface area contributed by atoms with Crippen molar-refractivity contribution in [1.82, 2.24) is 0 Å². The van der Waals surface area contributed by atoms with Gasteiger partial charge in [0.15, 0.2) is 5.78 Å². The Morgan fingerprint density at radius 3 is 2.45 bits per heavy atom. The van der Waals surface area contributed by atoms with Crippen molar-refractivity contribution in [3.05, 3.63) is 12.2 Å². The molecule has 0 fully saturated rings. The van der Waals surface area contributed by atoms with Crippen LogP contribution >= 0.6 is 0 Å². The first-order valence-corrected chi connectivity index (χ1v) is 4.19. The van der Waals surface area contributed by atoms with E-state index in [2.05, 4.69) is 20.8 Å². The minimum absolute atomic E-state index is 0.278. The van der Waals surface area contributed by atoms with Gasteiger partial charge in [0.1, 0.15) is 0 Å². The third-order valence-corrected chi connectivity index (χ3v) is 2.40. The lowest BCUT2D eigenvalue weighted by atomic mass is 9.74. The standard InChI is InChI=1S/C10H16O/c1-10(2,3)8-5-4-6-9(11)7-8/h4,6,8H,5,7H2,1-3H3. The summed E-state index contributed by atoms with van der Waals surface area (Å²) in [6, 6.07) is 0. The summed E-state index contributed by atoms with van der Waals surface area (Å²) >= 11 is 0. The van der Waals surface area contributed by atoms with Gasteiger partial charge in [0.25, 0.3) is 0 Å². The second-order valence-electron chi connectivity index (χ2n) is 4.37. The van der Waals surface area contributed by atoms with E-state index in [1.165, 1.54) is 0 Å². The fourth-order valence-electron chi connectivity index (χ4n) is 1.42. The number of ketones is 1. The number of allylic oxidation sites excluding steroid dienone is 2. The molecule has 0 aromatic rings. The van der Waals surface area contributed by atoms with Crippen molar-refractivity contribution in [2.75, 3.05) is 0 Å². The number of hydrogen-bond acceptors (Lipinski definition) is 1. The van der Waals surface area contributed by atoms with E-state index >= 15 is 0 Å². The van der Waals surface area contributed by atoms with E-state index in [1.54, 1.807) is 6.08 Å². The third kappa shape index (κ3) is 2.18. The second kappa shape index (κ2) is 2.80. The molecule has 1 unspecified atom stereocenters. The zero-order chi connectivity index (χ0) is 8.48. The third-order valence-electron chi connectivity index (χ3n) is 2.40. The van der Waals surface area contributed by atoms with Crippen LogP contribution in [0.15, 0.2) is 12.2 Å². The summed E-state index contributed by atoms with van der Waals surface area (Å²) in [6.07, 6.45) is 5.51. The summed E-state index contributed by atoms with van der Waals surface area (Å²) in [5, 5.41) is 0. The van der Waals surface area contributed by atoms with E-state index < -0.39 is 0 Å². The maximum atomic E-state index is 11.0. The van der Waals surface area contributed by atoms with Crippen molar-refractivity contribution in [2.45, 2.75) is 33.6 Å². The van der Waals surface area contributed by atoms with E-state index in [9.17, 15) is 4.79 Å². The zero-order valence-electron chi connectivity index (χ0n) is 7.55. The van der Waals surface area contributed by atoms with Crippen LogP contribution in [0.5, 0.6) is 0 Å². The molecule has 0 spiro atoms. The Kier molecular flexibility index (Phi) is 2.17. The highest BCUT2D eigenvalue weighted by Crippen LogP contribution is 2.33. The summed E-state index contributed by atoms with van der Waals surface area (Å²) in [5.74, 6) is 0.830. The first-order valence-electron chi connectivity index (χ1n) is 4.19. The van der Waals surface area contributed by atoms with Gasteiger partial charge in [-0.2, -0.15) is 0 Å². The predicted molar refractivity (Wildman–Crippen MR) is 46.3 cm³/mol. The first kappa shape index (κ1) is 8.51. The highest BCUT2D eigenvalue weighted by molar-refractivity contribution is 5.90. The van der Waals surface area contributed by atoms with Gasteiger partial charge >= 0.3 is 0 Å². The lowest BCUT2D eigenvalue weighted by Crippen LogP contribution is -2.24. The van der Waals surface area contributed by atoms with Gasteiger partial charge in [-0.25, -0.2) is 0 Å². The molecule has 1 aliphatic rings. The Labute approximate surface area is 68.5 Å². The summed E-state index contributed by atoms with van der Waals surface area (Å²) in [4.78, 5) is 11.0. The highest BCUT2D eigenvalue weighted by atomic mass is 16.1. The SMILES string of the molecule is CC(C)(C)C1CC=CC(=O)C1. The molecule has 1 aliphatic carbocycles. The van der Waals surface area contributed by atoms with E-state index in [4.69, 9.17) is 0 Å². The Balaban J connectivity index is 2.64. The highest BCUT2D eigenvalue weighted by Gasteiger charge is 2.26. The molecule has 1 heteroatoms. The molecule has 0 N–H and O–H groups in total. The Bertz CT molecular complexity index is 184. The van der Waals surface area contributed by atoms with Crippen molar-refractivity contribution in [3.8, 4) is 0 Å². The first-order chi connectivity index (χ1) is 5.00. The fraction of sp³-hybridized carbons (Fsp3) is 0.700. The monoisotopic (exact) mass is 152 g/mol. The Hall–Kier alpha value is -0.590. The summed E-state index contributed by atoms with van der Waals surface area (Å²) in [6.45, 7) is 6.60. The van der Waals surface area contributed by atoms with Gasteiger partial charge in [-0.15, -0.1) is 0 Å². The van der Waals surface area contributed by atoms with E-state index in [0.717, 1.165) is 12.8 Å². The molecular formula is C10H16O. The van der Waals surface area contributed by atoms with Gasteiger partial charge < -0.3 is 0 Å². The lowest BCUT2D eigenvalue weighted by molar-refractivity contribution is -0.116. The molecule has 0 amide bonds. The molecule has 0 heterocycles. The van der Waals surface area contributed by atoms with Crippen LogP contribution in [0.3, 0.4) is 0 Å². The minimum atomic E-state index is 0.278. The van der Waals surface area contributed by atoms with E-state index in [-0.39, 0.29) is 11.2 Å². The zero-order valence-corrected chi connectivity index (χ0v) is 7.55. The smallest absolute Gasteiger partial charge is 0.155 e. The van der Waals surface area contributed by atoms with Crippen molar-refractivity contribution in [1.29, 1.82) is 0 Å². The molecule has 0 radical (unpaired) electrons. The molecule has 0 aliphatic heterocycles. The van der Waals surface area contributed by atoms with Crippen LogP contribution in [0.2, 0.25) is 0 Å². The number of carbonyl (C=O) groups is 1. The number of carbonyl (C=O) groups excluding carboxylic acids is 1. The quantitative estimate of drug-likeness (QED) is 0.521. The summed E-state index contributed by atoms with van der Waals surface area (Å²) in [5.41, 5.74) is 0.278. The maximum absolute atomic E-state index is 11.0. The predicted octanol–water partition coefficient (Wildman–Crippen LogP) is 2.57. The van der Waals surface area contributed by atoms with Crippen LogP contribution in [0.1, 0.15) is 33.6 Å². The van der Waals surface area contributed by atoms with Gasteiger partial charge in [0.05, 0.1) is 0 Å². The molecule has 1 rings (SSSR count). The molecule has 1 nitrogen and oxygen atoms in total. The van der Waals surface area contributed by atoms with E-state index in [0.29, 0.717) is 5.92 Å². The fourth-order valence-corrected chi connectivity index (χ4v) is 1.42. The minimum Gasteiger partial charge on any atom is -0.295 e. The maximum Gasteiger partial charge on any atom is 0.155 e. The molecule has 0 aromatic heterocycles. The molecule has 0 bridgehead atoms. The van der Waals surface area contributed by atoms with Crippen LogP contribution < -0.4 is 0 Å². The van der Waals surface area contributed by atoms with Crippen molar-refractivity contribution in [2.24, 2.45) is 11.3 Å². The molecule has 0 saturated heterocycles. The molecule has 0 aromatic carbocycles. The van der Waals surface area contributed by atoms with Crippen molar-refractivity contribution in [3.63, 3.8) is 0 Å². The van der Waals surface area contributed by atoms with E-state index in [1.807, 2.05) is 6.08 Å². The average molecular weight is 152 g/mol. The van der Waals surface area contributed by atoms with Crippen molar-refractivity contribution >= 4 is 5.78 Å². The molecule has 0 saturated carbocycles. The molecule has 11 heavy (non-hydrogen) atoms. The molecule has 1 atom stereocenters. The van der Waals surface area contributed by atoms with Crippen LogP contribution in [0.4, 0.5) is 0 Å². The molecule has 62 valence electrons. The molecular weight excluding hydrogens is 136 g/mol. The normalized spacial score (nSPS) is 25.7. The van der Waals surface area contributed by atoms with Gasteiger partial charge in [0, 0.05) is 6.42 Å². The second-order valence-corrected chi connectivity index (χ2v) is 4.37. The van der Waals surface area contributed by atoms with Gasteiger partial charge in [-0.3, -0.25) is 4.79 Å². The Morgan fingerprint density at radius 1 is 1.45 bits per heavy atom. The summed E-state index contributed by atoms with van der Waals surface area (Å²) in [7, 11) is 0. The Morgan fingerprint density at radius 2 is 2.09 bits per heavy atom. The topological polar surface area (TPSA) is 17.1 Å². The largest absolute Gasteiger partial charge is 0.295 e. The van der Waals surface area contributed by atoms with Gasteiger partial charge in [-0.1, -0.05) is 26.8 Å². The van der Waals surface area contributed by atoms with Gasteiger partial charge in [-0.05, 0) is 23.8 Å². The van der Waals surface area contributed by atoms with Crippen molar-refractivity contribution < 1.29 is 4.79 Å². The number of hydrogen-bond donors (Lipinski definition) is 0. The van der Waals surface area contributed by atoms with Gasteiger partial charge in [0.2, 0.25) is 0 Å². The lowest BCUT2D eigenvalue weighted by Gasteiger charge is -2.30. The van der Waals surface area contributed by atoms with Crippen LogP contribution in [0.25, 0.3) is 0 Å². The van der Waals surface area contributed by atoms with Crippen LogP contribution in [-0.4, -0.2) is 5.78 Å². The van der Waals surface area contributed by atoms with Crippen LogP contribution in [-0.2, 0) is 4.79 Å². The van der Waals surface area contributed by atoms with Crippen LogP contribution in [0, 0.1) is 11.3 Å².